The van der Waals surface area contributed by atoms with E-state index in [-0.39, 0.29) is 36.5 Å². The lowest BCUT2D eigenvalue weighted by molar-refractivity contribution is -0.125. The van der Waals surface area contributed by atoms with Crippen LogP contribution in [0.25, 0.3) is 22.5 Å². The van der Waals surface area contributed by atoms with Crippen molar-refractivity contribution >= 4 is 23.3 Å². The second-order valence-electron chi connectivity index (χ2n) is 12.4. The SMILES string of the molecule is CC(C)CCC(=O)CCOCCNC(=O)CCC(=O)N1Cc2ccccc2-c2nnn(CCOCCOC(C)C)c2-c2ccccc21. The molecule has 47 heavy (non-hydrogen) atoms. The third-order valence-electron chi connectivity index (χ3n) is 7.87. The lowest BCUT2D eigenvalue weighted by atomic mass is 9.95. The fourth-order valence-corrected chi connectivity index (χ4v) is 5.36. The minimum absolute atomic E-state index is 0.0458. The van der Waals surface area contributed by atoms with Crippen LogP contribution in [0, 0.1) is 5.92 Å². The van der Waals surface area contributed by atoms with Crippen LogP contribution in [0.4, 0.5) is 5.69 Å². The van der Waals surface area contributed by atoms with Crippen LogP contribution in [0.1, 0.15) is 65.4 Å². The molecule has 0 saturated carbocycles. The number of ether oxygens (including phenoxy) is 3. The lowest BCUT2D eigenvalue weighted by Gasteiger charge is -2.28. The molecule has 0 radical (unpaired) electrons. The van der Waals surface area contributed by atoms with E-state index in [4.69, 9.17) is 14.2 Å². The molecule has 1 aromatic heterocycles. The van der Waals surface area contributed by atoms with Crippen LogP contribution in [-0.2, 0) is 41.7 Å². The molecule has 0 saturated heterocycles. The molecule has 2 aromatic carbocycles. The first kappa shape index (κ1) is 35.9. The second kappa shape index (κ2) is 18.4. The van der Waals surface area contributed by atoms with Crippen LogP contribution >= 0.6 is 0 Å². The molecule has 11 heteroatoms. The molecule has 254 valence electrons. The number of nitrogens with one attached hydrogen (secondary N) is 1. The van der Waals surface area contributed by atoms with Crippen LogP contribution < -0.4 is 10.2 Å². The zero-order valence-corrected chi connectivity index (χ0v) is 28.2. The summed E-state index contributed by atoms with van der Waals surface area (Å²) in [6, 6.07) is 15.6. The molecule has 0 bridgehead atoms. The van der Waals surface area contributed by atoms with Gasteiger partial charge in [-0.1, -0.05) is 61.5 Å². The molecule has 1 aliphatic heterocycles. The Kier molecular flexibility index (Phi) is 14.1. The lowest BCUT2D eigenvalue weighted by Crippen LogP contribution is -2.34. The number of ketones is 1. The Bertz CT molecular complexity index is 1470. The van der Waals surface area contributed by atoms with Crippen molar-refractivity contribution in [1.82, 2.24) is 20.3 Å². The molecule has 0 aliphatic carbocycles. The largest absolute Gasteiger partial charge is 0.379 e. The molecule has 0 spiro atoms. The fourth-order valence-electron chi connectivity index (χ4n) is 5.36. The van der Waals surface area contributed by atoms with E-state index < -0.39 is 0 Å². The van der Waals surface area contributed by atoms with Crippen molar-refractivity contribution in [3.63, 3.8) is 0 Å². The topological polar surface area (TPSA) is 125 Å². The predicted molar refractivity (Wildman–Crippen MR) is 181 cm³/mol. The third-order valence-corrected chi connectivity index (χ3v) is 7.87. The van der Waals surface area contributed by atoms with Gasteiger partial charge in [0.15, 0.2) is 0 Å². The van der Waals surface area contributed by atoms with Crippen molar-refractivity contribution in [2.24, 2.45) is 5.92 Å². The van der Waals surface area contributed by atoms with Crippen LogP contribution in [0.3, 0.4) is 0 Å². The highest BCUT2D eigenvalue weighted by Crippen LogP contribution is 2.41. The summed E-state index contributed by atoms with van der Waals surface area (Å²) in [7, 11) is 0. The smallest absolute Gasteiger partial charge is 0.227 e. The van der Waals surface area contributed by atoms with Crippen molar-refractivity contribution in [2.45, 2.75) is 79.0 Å². The van der Waals surface area contributed by atoms with Crippen molar-refractivity contribution in [3.05, 3.63) is 54.1 Å². The number of rotatable bonds is 19. The Hall–Kier alpha value is -3.93. The zero-order valence-electron chi connectivity index (χ0n) is 28.2. The monoisotopic (exact) mass is 647 g/mol. The van der Waals surface area contributed by atoms with E-state index in [9.17, 15) is 14.4 Å². The van der Waals surface area contributed by atoms with Gasteiger partial charge in [0.1, 0.15) is 11.5 Å². The molecule has 2 heterocycles. The van der Waals surface area contributed by atoms with E-state index >= 15 is 0 Å². The average Bonchev–Trinajstić information content (AvgIpc) is 3.46. The highest BCUT2D eigenvalue weighted by atomic mass is 16.5. The summed E-state index contributed by atoms with van der Waals surface area (Å²) in [6.07, 6.45) is 2.09. The number of hydrogen-bond acceptors (Lipinski definition) is 8. The van der Waals surface area contributed by atoms with Crippen molar-refractivity contribution in [3.8, 4) is 22.5 Å². The van der Waals surface area contributed by atoms with Gasteiger partial charge in [-0.05, 0) is 37.8 Å². The summed E-state index contributed by atoms with van der Waals surface area (Å²) in [5.41, 5.74) is 4.99. The maximum atomic E-state index is 13.8. The number of carbonyl (C=O) groups is 3. The van der Waals surface area contributed by atoms with E-state index in [0.29, 0.717) is 71.4 Å². The Balaban J connectivity index is 1.38. The van der Waals surface area contributed by atoms with Crippen molar-refractivity contribution in [2.75, 3.05) is 44.5 Å². The Morgan fingerprint density at radius 3 is 2.36 bits per heavy atom. The van der Waals surface area contributed by atoms with Crippen LogP contribution in [-0.4, -0.2) is 78.3 Å². The molecule has 0 atom stereocenters. The summed E-state index contributed by atoms with van der Waals surface area (Å²) in [5.74, 6) is 0.319. The molecule has 0 fully saturated rings. The summed E-state index contributed by atoms with van der Waals surface area (Å²) >= 11 is 0. The van der Waals surface area contributed by atoms with E-state index in [1.54, 1.807) is 4.90 Å². The minimum Gasteiger partial charge on any atom is -0.379 e. The summed E-state index contributed by atoms with van der Waals surface area (Å²) in [4.78, 5) is 40.1. The van der Waals surface area contributed by atoms with Crippen molar-refractivity contribution < 1.29 is 28.6 Å². The molecular formula is C36H49N5O6. The van der Waals surface area contributed by atoms with Gasteiger partial charge in [-0.25, -0.2) is 4.68 Å². The zero-order chi connectivity index (χ0) is 33.6. The van der Waals surface area contributed by atoms with Gasteiger partial charge in [0.05, 0.1) is 63.6 Å². The summed E-state index contributed by atoms with van der Waals surface area (Å²) < 4.78 is 18.7. The fraction of sp³-hybridized carbons (Fsp3) is 0.528. The second-order valence-corrected chi connectivity index (χ2v) is 12.4. The Labute approximate surface area is 277 Å². The third kappa shape index (κ3) is 10.8. The molecule has 0 unspecified atom stereocenters. The van der Waals surface area contributed by atoms with Crippen LogP contribution in [0.15, 0.2) is 48.5 Å². The van der Waals surface area contributed by atoms with Crippen LogP contribution in [0.2, 0.25) is 0 Å². The highest BCUT2D eigenvalue weighted by molar-refractivity contribution is 6.01. The minimum atomic E-state index is -0.223. The Morgan fingerprint density at radius 2 is 1.57 bits per heavy atom. The summed E-state index contributed by atoms with van der Waals surface area (Å²) in [5, 5.41) is 11.9. The van der Waals surface area contributed by atoms with Crippen LogP contribution in [0.5, 0.6) is 0 Å². The van der Waals surface area contributed by atoms with Gasteiger partial charge in [0, 0.05) is 43.4 Å². The maximum Gasteiger partial charge on any atom is 0.227 e. The number of hydrogen-bond donors (Lipinski definition) is 1. The molecule has 1 aliphatic rings. The van der Waals surface area contributed by atoms with Gasteiger partial charge < -0.3 is 24.4 Å². The first-order chi connectivity index (χ1) is 22.7. The summed E-state index contributed by atoms with van der Waals surface area (Å²) in [6.45, 7) is 11.4. The molecule has 3 aromatic rings. The van der Waals surface area contributed by atoms with E-state index in [1.807, 2.05) is 67.1 Å². The van der Waals surface area contributed by atoms with Crippen molar-refractivity contribution in [1.29, 1.82) is 0 Å². The van der Waals surface area contributed by atoms with E-state index in [2.05, 4.69) is 29.5 Å². The number of aromatic nitrogens is 3. The molecule has 4 rings (SSSR count). The average molecular weight is 648 g/mol. The number of para-hydroxylation sites is 1. The standard InChI is InChI=1S/C36H49N5O6/c1-26(2)13-14-29(42)17-20-45-21-18-37-33(43)15-16-34(44)40-25-28-9-5-6-10-30(28)35-36(31-11-7-8-12-32(31)40)41(39-38-35)19-22-46-23-24-47-27(3)4/h5-12,26-27H,13-25H2,1-4H3,(H,37,43). The first-order valence-electron chi connectivity index (χ1n) is 16.7. The predicted octanol–water partition coefficient (Wildman–Crippen LogP) is 5.21. The number of nitrogens with zero attached hydrogens (tertiary/aromatic N) is 4. The van der Waals surface area contributed by atoms with Gasteiger partial charge in [-0.2, -0.15) is 0 Å². The number of Topliss-reactive ketones (excluding diaryl/α,β-unsaturated/α-hetero) is 1. The molecule has 1 N–H and O–H groups in total. The molecular weight excluding hydrogens is 598 g/mol. The number of benzene rings is 2. The van der Waals surface area contributed by atoms with E-state index in [0.717, 1.165) is 40.2 Å². The highest BCUT2D eigenvalue weighted by Gasteiger charge is 2.29. The number of carbonyl (C=O) groups excluding carboxylic acids is 3. The van der Waals surface area contributed by atoms with Gasteiger partial charge in [-0.15, -0.1) is 5.10 Å². The van der Waals surface area contributed by atoms with E-state index in [1.165, 1.54) is 0 Å². The Morgan fingerprint density at radius 1 is 0.830 bits per heavy atom. The van der Waals surface area contributed by atoms with Gasteiger partial charge in [0.25, 0.3) is 0 Å². The number of amides is 2. The first-order valence-corrected chi connectivity index (χ1v) is 16.7. The van der Waals surface area contributed by atoms with Gasteiger partial charge in [0.2, 0.25) is 11.8 Å². The number of fused-ring (bicyclic) bond motifs is 5. The number of anilines is 1. The molecule has 11 nitrogen and oxygen atoms in total. The quantitative estimate of drug-likeness (QED) is 0.176. The van der Waals surface area contributed by atoms with Gasteiger partial charge >= 0.3 is 0 Å². The maximum absolute atomic E-state index is 13.8. The normalized spacial score (nSPS) is 12.3. The van der Waals surface area contributed by atoms with Gasteiger partial charge in [-0.3, -0.25) is 14.4 Å². The molecule has 2 amide bonds.